The van der Waals surface area contributed by atoms with Crippen LogP contribution in [0.4, 0.5) is 8.78 Å². The van der Waals surface area contributed by atoms with Crippen LogP contribution in [0.15, 0.2) is 12.3 Å². The molecular weight excluding hydrogens is 214 g/mol. The number of aliphatic hydroxyl groups excluding tert-OH is 1. The Balaban J connectivity index is 1.99. The number of nitrogens with zero attached hydrogens (tertiary/aromatic N) is 2. The van der Waals surface area contributed by atoms with Crippen LogP contribution in [0.2, 0.25) is 0 Å². The Morgan fingerprint density at radius 1 is 1.50 bits per heavy atom. The fourth-order valence-electron chi connectivity index (χ4n) is 2.21. The van der Waals surface area contributed by atoms with Gasteiger partial charge in [-0.05, 0) is 24.8 Å². The van der Waals surface area contributed by atoms with Gasteiger partial charge in [0.1, 0.15) is 6.10 Å². The normalized spacial score (nSPS) is 23.2. The third-order valence-corrected chi connectivity index (χ3v) is 3.25. The molecule has 1 aromatic heterocycles. The van der Waals surface area contributed by atoms with Crippen LogP contribution in [0.25, 0.3) is 0 Å². The number of hydrogen-bond donors (Lipinski definition) is 1. The molecule has 1 fully saturated rings. The van der Waals surface area contributed by atoms with Gasteiger partial charge >= 0.3 is 0 Å². The zero-order chi connectivity index (χ0) is 11.8. The molecule has 0 aliphatic heterocycles. The highest BCUT2D eigenvalue weighted by Gasteiger charge is 2.37. The summed E-state index contributed by atoms with van der Waals surface area (Å²) in [5, 5.41) is 14.1. The summed E-state index contributed by atoms with van der Waals surface area (Å²) in [6.07, 6.45) is 1.52. The fraction of sp³-hybridized carbons (Fsp3) is 0.727. The zero-order valence-electron chi connectivity index (χ0n) is 9.24. The second-order valence-corrected chi connectivity index (χ2v) is 4.55. The summed E-state index contributed by atoms with van der Waals surface area (Å²) in [6, 6.07) is 1.73. The Morgan fingerprint density at radius 2 is 2.12 bits per heavy atom. The van der Waals surface area contributed by atoms with Gasteiger partial charge in [0.2, 0.25) is 5.92 Å². The van der Waals surface area contributed by atoms with E-state index in [1.807, 2.05) is 0 Å². The first-order valence-electron chi connectivity index (χ1n) is 5.53. The second-order valence-electron chi connectivity index (χ2n) is 4.55. The maximum Gasteiger partial charge on any atom is 0.248 e. The minimum atomic E-state index is -2.54. The van der Waals surface area contributed by atoms with Crippen LogP contribution in [-0.4, -0.2) is 20.8 Å². The molecular formula is C11H16F2N2O. The lowest BCUT2D eigenvalue weighted by Crippen LogP contribution is -2.27. The van der Waals surface area contributed by atoms with Gasteiger partial charge in [-0.1, -0.05) is 0 Å². The molecule has 90 valence electrons. The zero-order valence-corrected chi connectivity index (χ0v) is 9.24. The van der Waals surface area contributed by atoms with E-state index in [-0.39, 0.29) is 18.8 Å². The highest BCUT2D eigenvalue weighted by atomic mass is 19.3. The molecule has 5 heteroatoms. The maximum absolute atomic E-state index is 12.9. The van der Waals surface area contributed by atoms with Crippen LogP contribution in [-0.2, 0) is 7.05 Å². The topological polar surface area (TPSA) is 38.0 Å². The van der Waals surface area contributed by atoms with Crippen molar-refractivity contribution >= 4 is 0 Å². The van der Waals surface area contributed by atoms with Crippen molar-refractivity contribution in [3.8, 4) is 0 Å². The van der Waals surface area contributed by atoms with Gasteiger partial charge in [-0.15, -0.1) is 0 Å². The quantitative estimate of drug-likeness (QED) is 0.846. The van der Waals surface area contributed by atoms with Crippen molar-refractivity contribution in [1.29, 1.82) is 0 Å². The van der Waals surface area contributed by atoms with Gasteiger partial charge in [0.25, 0.3) is 0 Å². The van der Waals surface area contributed by atoms with Gasteiger partial charge < -0.3 is 5.11 Å². The summed E-state index contributed by atoms with van der Waals surface area (Å²) in [7, 11) is 1.77. The molecule has 1 saturated carbocycles. The second kappa shape index (κ2) is 4.13. The van der Waals surface area contributed by atoms with E-state index in [1.54, 1.807) is 24.0 Å². The van der Waals surface area contributed by atoms with E-state index in [0.29, 0.717) is 18.5 Å². The maximum atomic E-state index is 12.9. The van der Waals surface area contributed by atoms with Crippen LogP contribution in [0, 0.1) is 5.92 Å². The summed E-state index contributed by atoms with van der Waals surface area (Å²) in [6.45, 7) is 0. The van der Waals surface area contributed by atoms with E-state index in [2.05, 4.69) is 5.10 Å². The van der Waals surface area contributed by atoms with Crippen LogP contribution in [0.1, 0.15) is 37.5 Å². The smallest absolute Gasteiger partial charge is 0.248 e. The molecule has 1 aromatic rings. The number of aromatic nitrogens is 2. The molecule has 1 aliphatic rings. The van der Waals surface area contributed by atoms with Crippen molar-refractivity contribution in [2.24, 2.45) is 13.0 Å². The minimum absolute atomic E-state index is 0.0884. The largest absolute Gasteiger partial charge is 0.386 e. The van der Waals surface area contributed by atoms with Gasteiger partial charge in [-0.2, -0.15) is 5.10 Å². The molecule has 1 atom stereocenters. The molecule has 0 saturated heterocycles. The van der Waals surface area contributed by atoms with Crippen LogP contribution in [0.5, 0.6) is 0 Å². The van der Waals surface area contributed by atoms with E-state index < -0.39 is 12.0 Å². The molecule has 1 heterocycles. The van der Waals surface area contributed by atoms with E-state index in [9.17, 15) is 13.9 Å². The molecule has 0 amide bonds. The lowest BCUT2D eigenvalue weighted by atomic mass is 9.82. The molecule has 0 spiro atoms. The van der Waals surface area contributed by atoms with Crippen molar-refractivity contribution < 1.29 is 13.9 Å². The van der Waals surface area contributed by atoms with E-state index in [0.717, 1.165) is 0 Å². The van der Waals surface area contributed by atoms with Gasteiger partial charge in [-0.3, -0.25) is 4.68 Å². The van der Waals surface area contributed by atoms with Gasteiger partial charge in [0.15, 0.2) is 0 Å². The minimum Gasteiger partial charge on any atom is -0.386 e. The highest BCUT2D eigenvalue weighted by Crippen LogP contribution is 2.40. The third-order valence-electron chi connectivity index (χ3n) is 3.25. The van der Waals surface area contributed by atoms with Gasteiger partial charge in [-0.25, -0.2) is 8.78 Å². The average Bonchev–Trinajstić information content (AvgIpc) is 2.64. The summed E-state index contributed by atoms with van der Waals surface area (Å²) in [5.41, 5.74) is 0.581. The number of alkyl halides is 2. The summed E-state index contributed by atoms with van der Waals surface area (Å²) >= 11 is 0. The lowest BCUT2D eigenvalue weighted by molar-refractivity contribution is -0.0632. The van der Waals surface area contributed by atoms with E-state index in [1.165, 1.54) is 0 Å². The van der Waals surface area contributed by atoms with E-state index >= 15 is 0 Å². The van der Waals surface area contributed by atoms with Crippen molar-refractivity contribution in [2.45, 2.75) is 37.7 Å². The van der Waals surface area contributed by atoms with Crippen molar-refractivity contribution in [1.82, 2.24) is 9.78 Å². The predicted molar refractivity (Wildman–Crippen MR) is 55.1 cm³/mol. The van der Waals surface area contributed by atoms with Crippen LogP contribution < -0.4 is 0 Å². The number of aliphatic hydroxyl groups is 1. The molecule has 16 heavy (non-hydrogen) atoms. The SMILES string of the molecule is Cn1ccc(C(O)C2CCC(F)(F)CC2)n1. The Bertz CT molecular complexity index is 355. The molecule has 3 nitrogen and oxygen atoms in total. The van der Waals surface area contributed by atoms with E-state index in [4.69, 9.17) is 0 Å². The first-order valence-corrected chi connectivity index (χ1v) is 5.53. The van der Waals surface area contributed by atoms with Crippen LogP contribution >= 0.6 is 0 Å². The molecule has 0 bridgehead atoms. The number of aryl methyl sites for hydroxylation is 1. The highest BCUT2D eigenvalue weighted by molar-refractivity contribution is 5.05. The Labute approximate surface area is 93.1 Å². The summed E-state index contributed by atoms with van der Waals surface area (Å²) in [5.74, 6) is -2.63. The number of rotatable bonds is 2. The molecule has 1 unspecified atom stereocenters. The predicted octanol–water partition coefficient (Wildman–Crippen LogP) is 2.28. The van der Waals surface area contributed by atoms with Crippen molar-refractivity contribution in [3.63, 3.8) is 0 Å². The first kappa shape index (κ1) is 11.5. The Morgan fingerprint density at radius 3 is 2.62 bits per heavy atom. The first-order chi connectivity index (χ1) is 7.48. The lowest BCUT2D eigenvalue weighted by Gasteiger charge is -2.30. The third kappa shape index (κ3) is 2.40. The average molecular weight is 230 g/mol. The molecule has 2 rings (SSSR count). The molecule has 0 radical (unpaired) electrons. The molecule has 1 aliphatic carbocycles. The van der Waals surface area contributed by atoms with Gasteiger partial charge in [0, 0.05) is 26.1 Å². The van der Waals surface area contributed by atoms with Crippen molar-refractivity contribution in [2.75, 3.05) is 0 Å². The number of halogens is 2. The fourth-order valence-corrected chi connectivity index (χ4v) is 2.21. The summed E-state index contributed by atoms with van der Waals surface area (Å²) in [4.78, 5) is 0. The van der Waals surface area contributed by atoms with Crippen LogP contribution in [0.3, 0.4) is 0 Å². The summed E-state index contributed by atoms with van der Waals surface area (Å²) < 4.78 is 27.5. The monoisotopic (exact) mass is 230 g/mol. The standard InChI is InChI=1S/C11H16F2N2O/c1-15-7-4-9(14-15)10(16)8-2-5-11(12,13)6-3-8/h4,7-8,10,16H,2-3,5-6H2,1H3. The number of hydrogen-bond acceptors (Lipinski definition) is 2. The molecule has 0 aromatic carbocycles. The Kier molecular flexibility index (Phi) is 2.97. The van der Waals surface area contributed by atoms with Crippen molar-refractivity contribution in [3.05, 3.63) is 18.0 Å². The molecule has 1 N–H and O–H groups in total. The van der Waals surface area contributed by atoms with Gasteiger partial charge in [0.05, 0.1) is 5.69 Å². The Hall–Kier alpha value is -0.970.